The van der Waals surface area contributed by atoms with Gasteiger partial charge in [0.05, 0.1) is 11.5 Å². The van der Waals surface area contributed by atoms with Gasteiger partial charge in [-0.2, -0.15) is 5.10 Å². The maximum Gasteiger partial charge on any atom is 0.313 e. The maximum absolute atomic E-state index is 13.3. The Balaban J connectivity index is 2.19. The van der Waals surface area contributed by atoms with Crippen molar-refractivity contribution in [1.82, 2.24) is 9.78 Å². The molecule has 2 aromatic carbocycles. The summed E-state index contributed by atoms with van der Waals surface area (Å²) in [5.74, 6) is -0.549. The van der Waals surface area contributed by atoms with Crippen molar-refractivity contribution in [1.29, 1.82) is 0 Å². The highest BCUT2D eigenvalue weighted by Crippen LogP contribution is 2.37. The third-order valence-electron chi connectivity index (χ3n) is 5.54. The Morgan fingerprint density at radius 1 is 1.03 bits per heavy atom. The Morgan fingerprint density at radius 3 is 2.31 bits per heavy atom. The fourth-order valence-corrected chi connectivity index (χ4v) is 3.93. The number of hydrogen-bond acceptors (Lipinski definition) is 4. The summed E-state index contributed by atoms with van der Waals surface area (Å²) in [5.41, 5.74) is 5.31. The second-order valence-corrected chi connectivity index (χ2v) is 8.90. The maximum atomic E-state index is 13.3. The van der Waals surface area contributed by atoms with Crippen molar-refractivity contribution >= 4 is 17.6 Å². The van der Waals surface area contributed by atoms with Crippen molar-refractivity contribution in [2.75, 3.05) is 0 Å². The van der Waals surface area contributed by atoms with E-state index >= 15 is 0 Å². The average Bonchev–Trinajstić information content (AvgIpc) is 2.74. The predicted molar refractivity (Wildman–Crippen MR) is 128 cm³/mol. The zero-order valence-electron chi connectivity index (χ0n) is 19.5. The van der Waals surface area contributed by atoms with Crippen LogP contribution in [0.15, 0.2) is 41.2 Å². The minimum atomic E-state index is -0.412. The molecule has 0 bridgehead atoms. The molecule has 3 rings (SSSR count). The molecule has 0 unspecified atom stereocenters. The van der Waals surface area contributed by atoms with E-state index in [4.69, 9.17) is 16.3 Å². The van der Waals surface area contributed by atoms with Crippen LogP contribution < -0.4 is 10.3 Å². The van der Waals surface area contributed by atoms with E-state index in [1.807, 2.05) is 19.1 Å². The first-order valence-electron chi connectivity index (χ1n) is 10.7. The first-order valence-corrected chi connectivity index (χ1v) is 11.1. The quantitative estimate of drug-likeness (QED) is 0.471. The normalized spacial score (nSPS) is 11.1. The van der Waals surface area contributed by atoms with Crippen molar-refractivity contribution in [2.45, 2.75) is 47.5 Å². The lowest BCUT2D eigenvalue weighted by atomic mass is 9.91. The summed E-state index contributed by atoms with van der Waals surface area (Å²) in [7, 11) is 1.60. The summed E-state index contributed by atoms with van der Waals surface area (Å²) in [5, 5.41) is 4.83. The summed E-state index contributed by atoms with van der Waals surface area (Å²) in [6.45, 7) is 9.23. The van der Waals surface area contributed by atoms with Crippen LogP contribution in [0.5, 0.6) is 5.75 Å². The zero-order valence-corrected chi connectivity index (χ0v) is 20.2. The fraction of sp³-hybridized carbons (Fsp3) is 0.346. The van der Waals surface area contributed by atoms with Crippen LogP contribution in [0.4, 0.5) is 0 Å². The predicted octanol–water partition coefficient (Wildman–Crippen LogP) is 5.37. The fourth-order valence-electron chi connectivity index (χ4n) is 3.68. The lowest BCUT2D eigenvalue weighted by Gasteiger charge is -2.19. The number of carbonyl (C=O) groups is 1. The van der Waals surface area contributed by atoms with Crippen molar-refractivity contribution in [2.24, 2.45) is 13.0 Å². The molecule has 0 spiro atoms. The largest absolute Gasteiger partial charge is 0.423 e. The molecule has 0 saturated carbocycles. The van der Waals surface area contributed by atoms with Crippen LogP contribution in [0.2, 0.25) is 5.02 Å². The molecule has 0 aliphatic rings. The molecule has 0 radical (unpaired) electrons. The number of halogens is 1. The monoisotopic (exact) mass is 452 g/mol. The number of carbonyl (C=O) groups excluding carboxylic acids is 1. The van der Waals surface area contributed by atoms with Gasteiger partial charge in [0, 0.05) is 12.1 Å². The average molecular weight is 453 g/mol. The summed E-state index contributed by atoms with van der Waals surface area (Å²) < 4.78 is 6.98. The molecule has 1 aromatic heterocycles. The molecule has 6 heteroatoms. The van der Waals surface area contributed by atoms with E-state index in [9.17, 15) is 9.59 Å². The number of ether oxygens (including phenoxy) is 1. The van der Waals surface area contributed by atoms with Gasteiger partial charge in [-0.05, 0) is 61.9 Å². The van der Waals surface area contributed by atoms with Gasteiger partial charge < -0.3 is 4.74 Å². The molecule has 0 saturated heterocycles. The van der Waals surface area contributed by atoms with Crippen molar-refractivity contribution in [3.8, 4) is 16.9 Å². The summed E-state index contributed by atoms with van der Waals surface area (Å²) in [4.78, 5) is 25.7. The van der Waals surface area contributed by atoms with E-state index in [1.54, 1.807) is 27.8 Å². The summed E-state index contributed by atoms with van der Waals surface area (Å²) in [6, 6.07) is 12.1. The molecule has 168 valence electrons. The first-order chi connectivity index (χ1) is 15.1. The number of nitrogens with zero attached hydrogens (tertiary/aromatic N) is 2. The van der Waals surface area contributed by atoms with Crippen LogP contribution in [-0.4, -0.2) is 15.7 Å². The van der Waals surface area contributed by atoms with E-state index in [0.29, 0.717) is 28.3 Å². The van der Waals surface area contributed by atoms with E-state index in [-0.39, 0.29) is 17.2 Å². The molecule has 0 atom stereocenters. The van der Waals surface area contributed by atoms with Gasteiger partial charge in [0.2, 0.25) is 0 Å². The lowest BCUT2D eigenvalue weighted by Crippen LogP contribution is -2.26. The highest BCUT2D eigenvalue weighted by molar-refractivity contribution is 6.31. The van der Waals surface area contributed by atoms with Crippen LogP contribution >= 0.6 is 11.6 Å². The minimum Gasteiger partial charge on any atom is -0.423 e. The highest BCUT2D eigenvalue weighted by Gasteiger charge is 2.25. The Morgan fingerprint density at radius 2 is 1.69 bits per heavy atom. The molecule has 0 aliphatic carbocycles. The third-order valence-corrected chi connectivity index (χ3v) is 5.89. The van der Waals surface area contributed by atoms with Gasteiger partial charge in [-0.3, -0.25) is 9.59 Å². The molecule has 0 aliphatic heterocycles. The SMILES string of the molecule is Cc1ccc(CCc2c(Cl)ccc(C)c2-c2c(OC(=O)C(C)C)c(C)nn(C)c2=O)cc1. The van der Waals surface area contributed by atoms with Crippen LogP contribution in [-0.2, 0) is 24.7 Å². The number of aromatic nitrogens is 2. The van der Waals surface area contributed by atoms with Crippen LogP contribution in [0, 0.1) is 26.7 Å². The number of aryl methyl sites for hydroxylation is 5. The van der Waals surface area contributed by atoms with Crippen molar-refractivity contribution in [3.05, 3.63) is 79.7 Å². The Kier molecular flexibility index (Phi) is 7.19. The Hall–Kier alpha value is -2.92. The second kappa shape index (κ2) is 9.70. The molecular weight excluding hydrogens is 424 g/mol. The van der Waals surface area contributed by atoms with E-state index in [1.165, 1.54) is 15.8 Å². The van der Waals surface area contributed by atoms with E-state index in [0.717, 1.165) is 17.5 Å². The molecular formula is C26H29ClN2O3. The van der Waals surface area contributed by atoms with Crippen molar-refractivity contribution in [3.63, 3.8) is 0 Å². The summed E-state index contributed by atoms with van der Waals surface area (Å²) in [6.07, 6.45) is 1.41. The van der Waals surface area contributed by atoms with Crippen molar-refractivity contribution < 1.29 is 9.53 Å². The third kappa shape index (κ3) is 4.94. The summed E-state index contributed by atoms with van der Waals surface area (Å²) >= 11 is 6.65. The molecule has 32 heavy (non-hydrogen) atoms. The van der Waals surface area contributed by atoms with Gasteiger partial charge in [-0.25, -0.2) is 4.68 Å². The highest BCUT2D eigenvalue weighted by atomic mass is 35.5. The number of benzene rings is 2. The standard InChI is InChI=1S/C26H29ClN2O3/c1-15(2)26(31)32-24-18(5)28-29(6)25(30)23(24)22-17(4)9-14-21(27)20(22)13-12-19-10-7-16(3)8-11-19/h7-11,14-15H,12-13H2,1-6H3. The van der Waals surface area contributed by atoms with Crippen LogP contribution in [0.25, 0.3) is 11.1 Å². The molecule has 0 fully saturated rings. The lowest BCUT2D eigenvalue weighted by molar-refractivity contribution is -0.137. The van der Waals surface area contributed by atoms with E-state index < -0.39 is 5.97 Å². The molecule has 1 heterocycles. The number of hydrogen-bond donors (Lipinski definition) is 0. The first kappa shape index (κ1) is 23.7. The van der Waals surface area contributed by atoms with Gasteiger partial charge in [-0.15, -0.1) is 0 Å². The Labute approximate surface area is 194 Å². The second-order valence-electron chi connectivity index (χ2n) is 8.50. The van der Waals surface area contributed by atoms with Gasteiger partial charge in [0.1, 0.15) is 5.69 Å². The molecule has 0 N–H and O–H groups in total. The minimum absolute atomic E-state index is 0.203. The van der Waals surface area contributed by atoms with Gasteiger partial charge in [0.15, 0.2) is 5.75 Å². The van der Waals surface area contributed by atoms with Gasteiger partial charge >= 0.3 is 5.97 Å². The van der Waals surface area contributed by atoms with Crippen LogP contribution in [0.1, 0.15) is 41.8 Å². The smallest absolute Gasteiger partial charge is 0.313 e. The molecule has 5 nitrogen and oxygen atoms in total. The number of esters is 1. The van der Waals surface area contributed by atoms with Crippen LogP contribution in [0.3, 0.4) is 0 Å². The topological polar surface area (TPSA) is 61.2 Å². The molecule has 0 amide bonds. The molecule has 3 aromatic rings. The Bertz CT molecular complexity index is 1210. The van der Waals surface area contributed by atoms with Gasteiger partial charge in [-0.1, -0.05) is 61.3 Å². The number of rotatable bonds is 6. The van der Waals surface area contributed by atoms with E-state index in [2.05, 4.69) is 36.3 Å². The van der Waals surface area contributed by atoms with Gasteiger partial charge in [0.25, 0.3) is 5.56 Å². The zero-order chi connectivity index (χ0) is 23.6.